The van der Waals surface area contributed by atoms with Crippen molar-refractivity contribution < 1.29 is 7.80 Å². The van der Waals surface area contributed by atoms with Gasteiger partial charge in [-0.25, -0.2) is 0 Å². The lowest BCUT2D eigenvalue weighted by atomic mass is 10.1. The molecular formula is C9H11IO2. The van der Waals surface area contributed by atoms with E-state index in [0.717, 1.165) is 0 Å². The lowest BCUT2D eigenvalue weighted by Crippen LogP contribution is -1.88. The summed E-state index contributed by atoms with van der Waals surface area (Å²) in [5.41, 5.74) is 2.37. The maximum Gasteiger partial charge on any atom is 0.110 e. The van der Waals surface area contributed by atoms with E-state index in [0.29, 0.717) is 13.2 Å². The summed E-state index contributed by atoms with van der Waals surface area (Å²) < 4.78 is 9.96. The van der Waals surface area contributed by atoms with Gasteiger partial charge >= 0.3 is 0 Å². The van der Waals surface area contributed by atoms with Crippen LogP contribution in [0.2, 0.25) is 0 Å². The molecule has 0 unspecified atom stereocenters. The fourth-order valence-electron chi connectivity index (χ4n) is 0.961. The molecule has 1 rings (SSSR count). The molecule has 0 spiro atoms. The molecule has 1 aromatic rings. The van der Waals surface area contributed by atoms with Crippen molar-refractivity contribution in [2.75, 3.05) is 7.11 Å². The average Bonchev–Trinajstić information content (AvgIpc) is 2.09. The van der Waals surface area contributed by atoms with Crippen LogP contribution >= 0.6 is 23.0 Å². The molecule has 0 saturated carbocycles. The second-order valence-corrected chi connectivity index (χ2v) is 3.13. The van der Waals surface area contributed by atoms with Gasteiger partial charge in [-0.3, -0.25) is 0 Å². The first-order valence-corrected chi connectivity index (χ1v) is 4.55. The molecule has 3 heteroatoms. The van der Waals surface area contributed by atoms with Crippen LogP contribution in [0.5, 0.6) is 0 Å². The monoisotopic (exact) mass is 278 g/mol. The largest absolute Gasteiger partial charge is 0.380 e. The zero-order chi connectivity index (χ0) is 8.81. The molecule has 0 amide bonds. The highest BCUT2D eigenvalue weighted by atomic mass is 127. The highest BCUT2D eigenvalue weighted by molar-refractivity contribution is 14.1. The predicted molar refractivity (Wildman–Crippen MR) is 56.0 cm³/mol. The second-order valence-electron chi connectivity index (χ2n) is 2.50. The zero-order valence-corrected chi connectivity index (χ0v) is 9.08. The Morgan fingerprint density at radius 2 is 1.58 bits per heavy atom. The van der Waals surface area contributed by atoms with Crippen LogP contribution in [0.4, 0.5) is 0 Å². The quantitative estimate of drug-likeness (QED) is 0.788. The van der Waals surface area contributed by atoms with E-state index < -0.39 is 0 Å². The van der Waals surface area contributed by atoms with Crippen LogP contribution in [0.15, 0.2) is 24.3 Å². The predicted octanol–water partition coefficient (Wildman–Crippen LogP) is 2.70. The molecule has 0 aliphatic heterocycles. The summed E-state index contributed by atoms with van der Waals surface area (Å²) in [5, 5.41) is 0. The number of ether oxygens (including phenoxy) is 1. The van der Waals surface area contributed by atoms with Crippen LogP contribution in [-0.4, -0.2) is 7.11 Å². The Morgan fingerprint density at radius 3 is 2.00 bits per heavy atom. The van der Waals surface area contributed by atoms with E-state index >= 15 is 0 Å². The third kappa shape index (κ3) is 3.08. The Kier molecular flexibility index (Phi) is 4.57. The van der Waals surface area contributed by atoms with Crippen LogP contribution in [-0.2, 0) is 21.0 Å². The Labute approximate surface area is 86.6 Å². The molecule has 0 aliphatic rings. The van der Waals surface area contributed by atoms with Crippen molar-refractivity contribution in [3.63, 3.8) is 0 Å². The van der Waals surface area contributed by atoms with Gasteiger partial charge in [-0.1, -0.05) is 24.3 Å². The molecule has 0 aliphatic carbocycles. The minimum atomic E-state index is 0.661. The molecule has 0 heterocycles. The Morgan fingerprint density at radius 1 is 1.08 bits per heavy atom. The number of methoxy groups -OCH3 is 1. The van der Waals surface area contributed by atoms with Crippen molar-refractivity contribution in [2.45, 2.75) is 13.2 Å². The first-order chi connectivity index (χ1) is 5.86. The summed E-state index contributed by atoms with van der Waals surface area (Å²) in [4.78, 5) is 0. The number of rotatable bonds is 4. The standard InChI is InChI=1S/C9H11IO2/c1-11-6-8-2-4-9(5-3-8)7-12-10/h2-5H,6-7H2,1H3. The molecule has 0 radical (unpaired) electrons. The van der Waals surface area contributed by atoms with Gasteiger partial charge in [0.1, 0.15) is 23.0 Å². The zero-order valence-electron chi connectivity index (χ0n) is 6.92. The number of halogens is 1. The first-order valence-electron chi connectivity index (χ1n) is 3.67. The van der Waals surface area contributed by atoms with Gasteiger partial charge in [0.25, 0.3) is 0 Å². The Hall–Kier alpha value is -0.130. The highest BCUT2D eigenvalue weighted by Gasteiger charge is 1.93. The smallest absolute Gasteiger partial charge is 0.110 e. The van der Waals surface area contributed by atoms with Crippen molar-refractivity contribution in [3.05, 3.63) is 35.4 Å². The van der Waals surface area contributed by atoms with Crippen molar-refractivity contribution in [2.24, 2.45) is 0 Å². The normalized spacial score (nSPS) is 10.2. The summed E-state index contributed by atoms with van der Waals surface area (Å²) in [6, 6.07) is 8.20. The highest BCUT2D eigenvalue weighted by Crippen LogP contribution is 2.07. The van der Waals surface area contributed by atoms with E-state index in [4.69, 9.17) is 7.80 Å². The topological polar surface area (TPSA) is 18.5 Å². The van der Waals surface area contributed by atoms with Gasteiger partial charge in [0.15, 0.2) is 0 Å². The average molecular weight is 278 g/mol. The van der Waals surface area contributed by atoms with E-state index in [9.17, 15) is 0 Å². The maximum absolute atomic E-state index is 4.99. The molecule has 0 atom stereocenters. The molecule has 2 nitrogen and oxygen atoms in total. The summed E-state index contributed by atoms with van der Waals surface area (Å²) >= 11 is 1.89. The molecule has 0 saturated heterocycles. The SMILES string of the molecule is COCc1ccc(COI)cc1. The van der Waals surface area contributed by atoms with Gasteiger partial charge < -0.3 is 7.80 Å². The van der Waals surface area contributed by atoms with Gasteiger partial charge in [0.2, 0.25) is 0 Å². The third-order valence-corrected chi connectivity index (χ3v) is 1.87. The van der Waals surface area contributed by atoms with Gasteiger partial charge in [0.05, 0.1) is 13.2 Å². The van der Waals surface area contributed by atoms with Gasteiger partial charge in [-0.15, -0.1) is 0 Å². The Bertz CT molecular complexity index is 195. The minimum absolute atomic E-state index is 0.661. The van der Waals surface area contributed by atoms with Crippen LogP contribution in [0.1, 0.15) is 11.1 Å². The van der Waals surface area contributed by atoms with Gasteiger partial charge in [-0.2, -0.15) is 0 Å². The van der Waals surface area contributed by atoms with E-state index in [1.165, 1.54) is 11.1 Å². The van der Waals surface area contributed by atoms with E-state index in [-0.39, 0.29) is 0 Å². The minimum Gasteiger partial charge on any atom is -0.380 e. The summed E-state index contributed by atoms with van der Waals surface area (Å²) in [6.45, 7) is 1.33. The van der Waals surface area contributed by atoms with Crippen molar-refractivity contribution in [1.82, 2.24) is 0 Å². The van der Waals surface area contributed by atoms with Crippen LogP contribution in [0.25, 0.3) is 0 Å². The number of hydrogen-bond donors (Lipinski definition) is 0. The van der Waals surface area contributed by atoms with E-state index in [1.807, 2.05) is 35.1 Å². The molecule has 12 heavy (non-hydrogen) atoms. The van der Waals surface area contributed by atoms with Crippen LogP contribution < -0.4 is 0 Å². The van der Waals surface area contributed by atoms with Gasteiger partial charge in [0, 0.05) is 7.11 Å². The first kappa shape index (κ1) is 9.95. The molecule has 0 bridgehead atoms. The van der Waals surface area contributed by atoms with Crippen molar-refractivity contribution in [3.8, 4) is 0 Å². The van der Waals surface area contributed by atoms with E-state index in [1.54, 1.807) is 7.11 Å². The van der Waals surface area contributed by atoms with Crippen LogP contribution in [0.3, 0.4) is 0 Å². The number of benzene rings is 1. The second kappa shape index (κ2) is 5.50. The maximum atomic E-state index is 4.99. The van der Waals surface area contributed by atoms with Gasteiger partial charge in [-0.05, 0) is 11.1 Å². The molecule has 0 fully saturated rings. The molecule has 0 N–H and O–H groups in total. The van der Waals surface area contributed by atoms with Crippen LogP contribution in [0, 0.1) is 0 Å². The summed E-state index contributed by atoms with van der Waals surface area (Å²) in [7, 11) is 1.70. The molecule has 0 aromatic heterocycles. The third-order valence-electron chi connectivity index (χ3n) is 1.56. The summed E-state index contributed by atoms with van der Waals surface area (Å²) in [5.74, 6) is 0. The lowest BCUT2D eigenvalue weighted by molar-refractivity contribution is 0.185. The summed E-state index contributed by atoms with van der Waals surface area (Å²) in [6.07, 6.45) is 0. The van der Waals surface area contributed by atoms with E-state index in [2.05, 4.69) is 12.1 Å². The molecule has 1 aromatic carbocycles. The fraction of sp³-hybridized carbons (Fsp3) is 0.333. The number of hydrogen-bond acceptors (Lipinski definition) is 2. The van der Waals surface area contributed by atoms with Crippen molar-refractivity contribution >= 4 is 23.0 Å². The lowest BCUT2D eigenvalue weighted by Gasteiger charge is -2.01. The Balaban J connectivity index is 2.58. The van der Waals surface area contributed by atoms with Crippen molar-refractivity contribution in [1.29, 1.82) is 0 Å². The molecular weight excluding hydrogens is 267 g/mol. The molecule has 66 valence electrons. The fourth-order valence-corrected chi connectivity index (χ4v) is 1.32.